The Morgan fingerprint density at radius 1 is 1.14 bits per heavy atom. The van der Waals surface area contributed by atoms with E-state index in [0.717, 1.165) is 18.4 Å². The van der Waals surface area contributed by atoms with Crippen molar-refractivity contribution in [3.05, 3.63) is 59.7 Å². The summed E-state index contributed by atoms with van der Waals surface area (Å²) in [5.74, 6) is -0.525. The van der Waals surface area contributed by atoms with Crippen molar-refractivity contribution in [2.45, 2.75) is 32.0 Å². The lowest BCUT2D eigenvalue weighted by Crippen LogP contribution is -2.34. The Hall–Kier alpha value is -3.00. The molecule has 2 amide bonds. The third kappa shape index (κ3) is 5.99. The first-order valence-electron chi connectivity index (χ1n) is 9.35. The minimum absolute atomic E-state index is 0.0707. The molecule has 0 aliphatic heterocycles. The number of hydrogen-bond acceptors (Lipinski definition) is 4. The van der Waals surface area contributed by atoms with Crippen LogP contribution in [0.1, 0.15) is 28.8 Å². The zero-order chi connectivity index (χ0) is 20.8. The van der Waals surface area contributed by atoms with Gasteiger partial charge in [-0.25, -0.2) is 0 Å². The molecule has 1 aliphatic rings. The number of amides is 2. The van der Waals surface area contributed by atoms with Crippen LogP contribution in [0.4, 0.5) is 14.5 Å². The van der Waals surface area contributed by atoms with Crippen LogP contribution in [0.3, 0.4) is 0 Å². The molecule has 2 aromatic rings. The molecule has 6 nitrogen and oxygen atoms in total. The van der Waals surface area contributed by atoms with Crippen molar-refractivity contribution < 1.29 is 23.1 Å². The predicted molar refractivity (Wildman–Crippen MR) is 105 cm³/mol. The van der Waals surface area contributed by atoms with Crippen molar-refractivity contribution in [1.82, 2.24) is 10.2 Å². The minimum Gasteiger partial charge on any atom is -0.433 e. The highest BCUT2D eigenvalue weighted by molar-refractivity contribution is 5.94. The van der Waals surface area contributed by atoms with Gasteiger partial charge in [-0.2, -0.15) is 8.78 Å². The summed E-state index contributed by atoms with van der Waals surface area (Å²) in [7, 11) is 1.58. The molecule has 0 radical (unpaired) electrons. The van der Waals surface area contributed by atoms with Gasteiger partial charge < -0.3 is 15.4 Å². The maximum atomic E-state index is 12.5. The fourth-order valence-electron chi connectivity index (χ4n) is 3.04. The summed E-state index contributed by atoms with van der Waals surface area (Å²) in [5.41, 5.74) is 1.77. The number of nitrogens with zero attached hydrogens (tertiary/aromatic N) is 1. The number of nitrogens with one attached hydrogen (secondary N) is 2. The van der Waals surface area contributed by atoms with Gasteiger partial charge >= 0.3 is 6.61 Å². The molecule has 2 N–H and O–H groups in total. The fourth-order valence-corrected chi connectivity index (χ4v) is 3.04. The minimum atomic E-state index is -2.96. The number of ether oxygens (including phenoxy) is 1. The largest absolute Gasteiger partial charge is 0.433 e. The number of benzene rings is 2. The van der Waals surface area contributed by atoms with Crippen molar-refractivity contribution in [2.75, 3.05) is 18.9 Å². The van der Waals surface area contributed by atoms with Crippen molar-refractivity contribution in [3.8, 4) is 5.75 Å². The monoisotopic (exact) mass is 403 g/mol. The first kappa shape index (κ1) is 20.7. The summed E-state index contributed by atoms with van der Waals surface area (Å²) in [5, 5.41) is 5.23. The van der Waals surface area contributed by atoms with Gasteiger partial charge in [0.05, 0.1) is 12.2 Å². The molecule has 1 saturated carbocycles. The van der Waals surface area contributed by atoms with Gasteiger partial charge in [0.2, 0.25) is 5.91 Å². The molecule has 1 fully saturated rings. The summed E-state index contributed by atoms with van der Waals surface area (Å²) in [6.07, 6.45) is 2.02. The fraction of sp³-hybridized carbons (Fsp3) is 0.333. The summed E-state index contributed by atoms with van der Waals surface area (Å²) >= 11 is 0. The van der Waals surface area contributed by atoms with E-state index in [9.17, 15) is 18.4 Å². The molecular formula is C21H23F2N3O3. The number of halogens is 2. The molecule has 0 spiro atoms. The van der Waals surface area contributed by atoms with Gasteiger partial charge in [0.25, 0.3) is 5.91 Å². The zero-order valence-electron chi connectivity index (χ0n) is 16.0. The number of alkyl halides is 2. The normalized spacial score (nSPS) is 13.4. The molecule has 29 heavy (non-hydrogen) atoms. The Morgan fingerprint density at radius 3 is 2.45 bits per heavy atom. The van der Waals surface area contributed by atoms with Crippen LogP contribution in [0.15, 0.2) is 48.5 Å². The van der Waals surface area contributed by atoms with E-state index in [4.69, 9.17) is 0 Å². The Balaban J connectivity index is 1.62. The van der Waals surface area contributed by atoms with Gasteiger partial charge in [-0.1, -0.05) is 24.3 Å². The second-order valence-corrected chi connectivity index (χ2v) is 6.84. The van der Waals surface area contributed by atoms with Crippen molar-refractivity contribution >= 4 is 17.5 Å². The molecule has 0 atom stereocenters. The number of carbonyl (C=O) groups excluding carboxylic acids is 2. The lowest BCUT2D eigenvalue weighted by molar-refractivity contribution is -0.117. The van der Waals surface area contributed by atoms with E-state index in [1.165, 1.54) is 12.1 Å². The van der Waals surface area contributed by atoms with Gasteiger partial charge in [0.1, 0.15) is 5.75 Å². The molecule has 0 unspecified atom stereocenters. The van der Waals surface area contributed by atoms with Crippen LogP contribution in [0.2, 0.25) is 0 Å². The van der Waals surface area contributed by atoms with Gasteiger partial charge in [-0.15, -0.1) is 0 Å². The van der Waals surface area contributed by atoms with Crippen LogP contribution in [0.25, 0.3) is 0 Å². The molecule has 154 valence electrons. The summed E-state index contributed by atoms with van der Waals surface area (Å²) in [4.78, 5) is 26.2. The van der Waals surface area contributed by atoms with E-state index in [2.05, 4.69) is 15.4 Å². The predicted octanol–water partition coefficient (Wildman–Crippen LogP) is 3.25. The van der Waals surface area contributed by atoms with Gasteiger partial charge in [0, 0.05) is 25.2 Å². The maximum absolute atomic E-state index is 12.5. The van der Waals surface area contributed by atoms with Crippen LogP contribution in [0.5, 0.6) is 5.75 Å². The number of carbonyl (C=O) groups is 2. The van der Waals surface area contributed by atoms with E-state index in [1.54, 1.807) is 31.3 Å². The molecule has 3 rings (SSSR count). The first-order chi connectivity index (χ1) is 14.0. The highest BCUT2D eigenvalue weighted by Gasteiger charge is 2.30. The Morgan fingerprint density at radius 2 is 1.83 bits per heavy atom. The molecule has 2 aromatic carbocycles. The molecule has 0 bridgehead atoms. The first-order valence-corrected chi connectivity index (χ1v) is 9.35. The van der Waals surface area contributed by atoms with Crippen LogP contribution in [-0.2, 0) is 11.3 Å². The van der Waals surface area contributed by atoms with E-state index in [0.29, 0.717) is 18.2 Å². The van der Waals surface area contributed by atoms with Crippen LogP contribution in [0, 0.1) is 0 Å². The molecule has 8 heteroatoms. The number of para-hydroxylation sites is 2. The number of rotatable bonds is 9. The van der Waals surface area contributed by atoms with E-state index in [-0.39, 0.29) is 29.8 Å². The second kappa shape index (κ2) is 9.47. The molecule has 0 aromatic heterocycles. The van der Waals surface area contributed by atoms with E-state index < -0.39 is 6.61 Å². The average molecular weight is 403 g/mol. The van der Waals surface area contributed by atoms with Gasteiger partial charge in [-0.3, -0.25) is 14.5 Å². The Bertz CT molecular complexity index is 855. The van der Waals surface area contributed by atoms with E-state index in [1.807, 2.05) is 17.0 Å². The lowest BCUT2D eigenvalue weighted by Gasteiger charge is -2.22. The van der Waals surface area contributed by atoms with E-state index >= 15 is 0 Å². The average Bonchev–Trinajstić information content (AvgIpc) is 3.54. The molecule has 0 saturated heterocycles. The number of hydrogen-bond donors (Lipinski definition) is 2. The highest BCUT2D eigenvalue weighted by atomic mass is 19.3. The number of anilines is 1. The maximum Gasteiger partial charge on any atom is 0.387 e. The molecule has 0 heterocycles. The summed E-state index contributed by atoms with van der Waals surface area (Å²) in [6, 6.07) is 13.6. The summed E-state index contributed by atoms with van der Waals surface area (Å²) in [6.45, 7) is -2.28. The van der Waals surface area contributed by atoms with Crippen molar-refractivity contribution in [1.29, 1.82) is 0 Å². The third-order valence-electron chi connectivity index (χ3n) is 4.62. The Labute approximate surface area is 167 Å². The molecular weight excluding hydrogens is 380 g/mol. The van der Waals surface area contributed by atoms with Crippen molar-refractivity contribution in [2.24, 2.45) is 0 Å². The van der Waals surface area contributed by atoms with Crippen LogP contribution >= 0.6 is 0 Å². The van der Waals surface area contributed by atoms with Crippen LogP contribution in [-0.4, -0.2) is 43.0 Å². The Kier molecular flexibility index (Phi) is 6.77. The smallest absolute Gasteiger partial charge is 0.387 e. The second-order valence-electron chi connectivity index (χ2n) is 6.84. The SMILES string of the molecule is CNC(=O)c1ccc(CN(CC(=O)Nc2ccccc2OC(F)F)C2CC2)cc1. The quantitative estimate of drug-likeness (QED) is 0.674. The highest BCUT2D eigenvalue weighted by Crippen LogP contribution is 2.29. The van der Waals surface area contributed by atoms with Gasteiger partial charge in [-0.05, 0) is 42.7 Å². The topological polar surface area (TPSA) is 70.7 Å². The van der Waals surface area contributed by atoms with Crippen LogP contribution < -0.4 is 15.4 Å². The summed E-state index contributed by atoms with van der Waals surface area (Å²) < 4.78 is 29.5. The zero-order valence-corrected chi connectivity index (χ0v) is 16.0. The lowest BCUT2D eigenvalue weighted by atomic mass is 10.1. The van der Waals surface area contributed by atoms with Gasteiger partial charge in [0.15, 0.2) is 0 Å². The van der Waals surface area contributed by atoms with Crippen molar-refractivity contribution in [3.63, 3.8) is 0 Å². The standard InChI is InChI=1S/C21H23F2N3O3/c1-24-20(28)15-8-6-14(7-9-15)12-26(16-10-11-16)13-19(27)25-17-4-2-3-5-18(17)29-21(22)23/h2-9,16,21H,10-13H2,1H3,(H,24,28)(H,25,27). The third-order valence-corrected chi connectivity index (χ3v) is 4.62. The molecule has 1 aliphatic carbocycles.